The van der Waals surface area contributed by atoms with Crippen LogP contribution in [0.1, 0.15) is 33.6 Å². The minimum Gasteiger partial charge on any atom is -0.396 e. The molecule has 0 radical (unpaired) electrons. The molecule has 2 atom stereocenters. The van der Waals surface area contributed by atoms with E-state index in [0.717, 1.165) is 39.1 Å². The number of aliphatic hydroxyl groups is 1. The molecule has 4 nitrogen and oxygen atoms in total. The predicted molar refractivity (Wildman–Crippen MR) is 72.4 cm³/mol. The Bertz CT molecular complexity index is 167. The van der Waals surface area contributed by atoms with E-state index in [1.54, 1.807) is 7.11 Å². The predicted octanol–water partition coefficient (Wildman–Crippen LogP) is 1.09. The summed E-state index contributed by atoms with van der Waals surface area (Å²) in [6, 6.07) is 0.800. The Labute approximate surface area is 106 Å². The van der Waals surface area contributed by atoms with Gasteiger partial charge in [0.15, 0.2) is 0 Å². The molecule has 17 heavy (non-hydrogen) atoms. The van der Waals surface area contributed by atoms with Gasteiger partial charge in [-0.2, -0.15) is 0 Å². The Morgan fingerprint density at radius 3 is 2.53 bits per heavy atom. The molecule has 104 valence electrons. The van der Waals surface area contributed by atoms with Crippen molar-refractivity contribution in [2.45, 2.75) is 45.7 Å². The molecule has 0 aliphatic rings. The van der Waals surface area contributed by atoms with Gasteiger partial charge < -0.3 is 15.2 Å². The Hall–Kier alpha value is -0.160. The standard InChI is InChI=1S/C13H30N2O2/c1-5-8-14-13(7-9-16)10-15(6-2)12(3)11-17-4/h12-14,16H,5-11H2,1-4H3. The third-order valence-corrected chi connectivity index (χ3v) is 3.05. The zero-order valence-electron chi connectivity index (χ0n) is 11.9. The summed E-state index contributed by atoms with van der Waals surface area (Å²) < 4.78 is 5.20. The molecular formula is C13H30N2O2. The summed E-state index contributed by atoms with van der Waals surface area (Å²) in [5.74, 6) is 0. The second-order valence-electron chi connectivity index (χ2n) is 4.56. The number of likely N-dealkylation sites (N-methyl/N-ethyl adjacent to an activating group) is 1. The van der Waals surface area contributed by atoms with Crippen molar-refractivity contribution in [2.75, 3.05) is 40.0 Å². The smallest absolute Gasteiger partial charge is 0.0615 e. The van der Waals surface area contributed by atoms with Crippen LogP contribution in [0.4, 0.5) is 0 Å². The second kappa shape index (κ2) is 11.0. The van der Waals surface area contributed by atoms with Gasteiger partial charge in [-0.25, -0.2) is 0 Å². The minimum absolute atomic E-state index is 0.248. The number of methoxy groups -OCH3 is 1. The maximum absolute atomic E-state index is 9.08. The van der Waals surface area contributed by atoms with E-state index in [9.17, 15) is 0 Å². The van der Waals surface area contributed by atoms with Crippen LogP contribution in [0.2, 0.25) is 0 Å². The average Bonchev–Trinajstić information content (AvgIpc) is 2.32. The normalized spacial score (nSPS) is 15.2. The molecule has 0 fully saturated rings. The summed E-state index contributed by atoms with van der Waals surface area (Å²) >= 11 is 0. The number of aliphatic hydroxyl groups excluding tert-OH is 1. The summed E-state index contributed by atoms with van der Waals surface area (Å²) in [7, 11) is 1.74. The molecule has 0 spiro atoms. The molecule has 0 amide bonds. The molecule has 4 heteroatoms. The fourth-order valence-corrected chi connectivity index (χ4v) is 2.01. The number of nitrogens with zero attached hydrogens (tertiary/aromatic N) is 1. The fourth-order valence-electron chi connectivity index (χ4n) is 2.01. The van der Waals surface area contributed by atoms with Gasteiger partial charge in [-0.05, 0) is 32.9 Å². The van der Waals surface area contributed by atoms with E-state index in [0.29, 0.717) is 12.1 Å². The number of hydrogen-bond donors (Lipinski definition) is 2. The summed E-state index contributed by atoms with van der Waals surface area (Å²) in [4.78, 5) is 2.40. The summed E-state index contributed by atoms with van der Waals surface area (Å²) in [6.45, 7) is 10.5. The third kappa shape index (κ3) is 7.71. The first-order chi connectivity index (χ1) is 8.19. The van der Waals surface area contributed by atoms with Crippen LogP contribution in [0.15, 0.2) is 0 Å². The van der Waals surface area contributed by atoms with Gasteiger partial charge in [0.25, 0.3) is 0 Å². The van der Waals surface area contributed by atoms with Gasteiger partial charge in [-0.1, -0.05) is 13.8 Å². The number of nitrogens with one attached hydrogen (secondary N) is 1. The van der Waals surface area contributed by atoms with Gasteiger partial charge in [0, 0.05) is 32.3 Å². The van der Waals surface area contributed by atoms with Crippen molar-refractivity contribution in [1.29, 1.82) is 0 Å². The first-order valence-corrected chi connectivity index (χ1v) is 6.76. The first kappa shape index (κ1) is 16.8. The van der Waals surface area contributed by atoms with Crippen LogP contribution in [0.3, 0.4) is 0 Å². The molecular weight excluding hydrogens is 216 g/mol. The summed E-state index contributed by atoms with van der Waals surface area (Å²) in [5, 5.41) is 12.6. The second-order valence-corrected chi connectivity index (χ2v) is 4.56. The molecule has 0 rings (SSSR count). The Balaban J connectivity index is 4.15. The van der Waals surface area contributed by atoms with E-state index in [-0.39, 0.29) is 6.61 Å². The minimum atomic E-state index is 0.248. The lowest BCUT2D eigenvalue weighted by Crippen LogP contribution is -2.46. The van der Waals surface area contributed by atoms with Crippen LogP contribution in [0, 0.1) is 0 Å². The molecule has 0 aromatic heterocycles. The lowest BCUT2D eigenvalue weighted by molar-refractivity contribution is 0.0925. The fraction of sp³-hybridized carbons (Fsp3) is 1.00. The topological polar surface area (TPSA) is 44.7 Å². The van der Waals surface area contributed by atoms with Crippen LogP contribution in [-0.2, 0) is 4.74 Å². The van der Waals surface area contributed by atoms with Crippen molar-refractivity contribution in [3.63, 3.8) is 0 Å². The van der Waals surface area contributed by atoms with Crippen LogP contribution < -0.4 is 5.32 Å². The molecule has 0 aromatic rings. The highest BCUT2D eigenvalue weighted by Gasteiger charge is 2.16. The van der Waals surface area contributed by atoms with Crippen molar-refractivity contribution in [2.24, 2.45) is 0 Å². The Morgan fingerprint density at radius 1 is 1.35 bits per heavy atom. The molecule has 0 saturated heterocycles. The van der Waals surface area contributed by atoms with Crippen molar-refractivity contribution in [3.8, 4) is 0 Å². The maximum atomic E-state index is 9.08. The van der Waals surface area contributed by atoms with Crippen LogP contribution >= 0.6 is 0 Å². The lowest BCUT2D eigenvalue weighted by Gasteiger charge is -2.31. The quantitative estimate of drug-likeness (QED) is 0.573. The Morgan fingerprint density at radius 2 is 2.06 bits per heavy atom. The van der Waals surface area contributed by atoms with Crippen molar-refractivity contribution >= 4 is 0 Å². The molecule has 0 saturated carbocycles. The van der Waals surface area contributed by atoms with Crippen LogP contribution in [0.5, 0.6) is 0 Å². The van der Waals surface area contributed by atoms with Gasteiger partial charge in [0.1, 0.15) is 0 Å². The third-order valence-electron chi connectivity index (χ3n) is 3.05. The van der Waals surface area contributed by atoms with E-state index in [2.05, 4.69) is 31.0 Å². The van der Waals surface area contributed by atoms with Gasteiger partial charge in [-0.15, -0.1) is 0 Å². The van der Waals surface area contributed by atoms with E-state index in [1.165, 1.54) is 0 Å². The van der Waals surface area contributed by atoms with Gasteiger partial charge in [0.2, 0.25) is 0 Å². The molecule has 0 heterocycles. The lowest BCUT2D eigenvalue weighted by atomic mass is 10.1. The van der Waals surface area contributed by atoms with Crippen molar-refractivity contribution in [1.82, 2.24) is 10.2 Å². The highest BCUT2D eigenvalue weighted by molar-refractivity contribution is 4.75. The van der Waals surface area contributed by atoms with E-state index in [1.807, 2.05) is 0 Å². The van der Waals surface area contributed by atoms with Gasteiger partial charge in [0.05, 0.1) is 6.61 Å². The summed E-state index contributed by atoms with van der Waals surface area (Å²) in [6.07, 6.45) is 1.94. The zero-order valence-corrected chi connectivity index (χ0v) is 11.9. The zero-order chi connectivity index (χ0) is 13.1. The number of hydrogen-bond acceptors (Lipinski definition) is 4. The Kier molecular flexibility index (Phi) is 10.9. The van der Waals surface area contributed by atoms with Crippen molar-refractivity contribution in [3.05, 3.63) is 0 Å². The molecule has 2 N–H and O–H groups in total. The summed E-state index contributed by atoms with van der Waals surface area (Å²) in [5.41, 5.74) is 0. The van der Waals surface area contributed by atoms with E-state index < -0.39 is 0 Å². The molecule has 0 bridgehead atoms. The first-order valence-electron chi connectivity index (χ1n) is 6.76. The van der Waals surface area contributed by atoms with Crippen LogP contribution in [-0.4, -0.2) is 62.0 Å². The molecule has 0 aliphatic carbocycles. The monoisotopic (exact) mass is 246 g/mol. The number of rotatable bonds is 11. The molecule has 0 aromatic carbocycles. The van der Waals surface area contributed by atoms with Crippen LogP contribution in [0.25, 0.3) is 0 Å². The van der Waals surface area contributed by atoms with Gasteiger partial charge >= 0.3 is 0 Å². The molecule has 0 aliphatic heterocycles. The average molecular weight is 246 g/mol. The van der Waals surface area contributed by atoms with E-state index in [4.69, 9.17) is 9.84 Å². The van der Waals surface area contributed by atoms with Gasteiger partial charge in [-0.3, -0.25) is 4.90 Å². The largest absolute Gasteiger partial charge is 0.396 e. The highest BCUT2D eigenvalue weighted by Crippen LogP contribution is 2.03. The number of ether oxygens (including phenoxy) is 1. The highest BCUT2D eigenvalue weighted by atomic mass is 16.5. The SMILES string of the molecule is CCCNC(CCO)CN(CC)C(C)COC. The van der Waals surface area contributed by atoms with Crippen molar-refractivity contribution < 1.29 is 9.84 Å². The molecule has 2 unspecified atom stereocenters. The van der Waals surface area contributed by atoms with E-state index >= 15 is 0 Å². The maximum Gasteiger partial charge on any atom is 0.0615 e.